The number of rotatable bonds is 5. The van der Waals surface area contributed by atoms with Crippen LogP contribution in [0.1, 0.15) is 17.3 Å². The summed E-state index contributed by atoms with van der Waals surface area (Å²) in [5.74, 6) is -2.81. The Morgan fingerprint density at radius 3 is 2.43 bits per heavy atom. The number of anilines is 1. The van der Waals surface area contributed by atoms with Crippen LogP contribution in [-0.4, -0.2) is 18.9 Å². The van der Waals surface area contributed by atoms with Crippen LogP contribution in [0.5, 0.6) is 0 Å². The lowest BCUT2D eigenvalue weighted by Gasteiger charge is -2.22. The van der Waals surface area contributed by atoms with Crippen molar-refractivity contribution in [1.29, 1.82) is 0 Å². The van der Waals surface area contributed by atoms with Crippen LogP contribution in [0.3, 0.4) is 0 Å². The van der Waals surface area contributed by atoms with Crippen molar-refractivity contribution < 1.29 is 18.0 Å². The predicted octanol–water partition coefficient (Wildman–Crippen LogP) is 3.81. The third-order valence-electron chi connectivity index (χ3n) is 3.13. The average Bonchev–Trinajstić information content (AvgIpc) is 2.47. The van der Waals surface area contributed by atoms with Gasteiger partial charge >= 0.3 is 0 Å². The van der Waals surface area contributed by atoms with Gasteiger partial charge in [-0.15, -0.1) is 0 Å². The Balaban J connectivity index is 2.18. The number of Topliss-reactive ketones (excluding diaryl/α,β-unsaturated/α-hetero) is 1. The van der Waals surface area contributed by atoms with E-state index >= 15 is 0 Å². The summed E-state index contributed by atoms with van der Waals surface area (Å²) in [6.07, 6.45) is 0. The molecule has 0 fully saturated rings. The number of benzene rings is 2. The minimum atomic E-state index is -1.06. The first-order valence-corrected chi connectivity index (χ1v) is 6.50. The van der Waals surface area contributed by atoms with Crippen LogP contribution in [-0.2, 0) is 0 Å². The van der Waals surface area contributed by atoms with Crippen LogP contribution < -0.4 is 4.90 Å². The van der Waals surface area contributed by atoms with Crippen LogP contribution in [0, 0.1) is 17.5 Å². The van der Waals surface area contributed by atoms with E-state index in [0.717, 1.165) is 12.1 Å². The molecule has 0 N–H and O–H groups in total. The van der Waals surface area contributed by atoms with Gasteiger partial charge in [-0.2, -0.15) is 0 Å². The van der Waals surface area contributed by atoms with Crippen molar-refractivity contribution in [3.8, 4) is 0 Å². The fourth-order valence-corrected chi connectivity index (χ4v) is 1.99. The van der Waals surface area contributed by atoms with E-state index < -0.39 is 17.5 Å². The van der Waals surface area contributed by atoms with Gasteiger partial charge in [0.25, 0.3) is 0 Å². The number of carbonyl (C=O) groups is 1. The van der Waals surface area contributed by atoms with Crippen LogP contribution in [0.2, 0.25) is 0 Å². The van der Waals surface area contributed by atoms with Crippen molar-refractivity contribution in [3.05, 3.63) is 65.5 Å². The summed E-state index contributed by atoms with van der Waals surface area (Å²) in [7, 11) is 0. The summed E-state index contributed by atoms with van der Waals surface area (Å²) < 4.78 is 39.2. The molecule has 21 heavy (non-hydrogen) atoms. The maximum atomic E-state index is 13.2. The maximum absolute atomic E-state index is 13.2. The van der Waals surface area contributed by atoms with Crippen molar-refractivity contribution in [3.63, 3.8) is 0 Å². The molecule has 0 aliphatic rings. The zero-order chi connectivity index (χ0) is 15.4. The number of nitrogens with zero attached hydrogens (tertiary/aromatic N) is 1. The fraction of sp³-hybridized carbons (Fsp3) is 0.188. The molecule has 2 nitrogen and oxygen atoms in total. The SMILES string of the molecule is CCN(CC(=O)c1ccc(F)c(F)c1)c1cccc(F)c1. The second-order valence-electron chi connectivity index (χ2n) is 4.55. The zero-order valence-corrected chi connectivity index (χ0v) is 11.4. The second-order valence-corrected chi connectivity index (χ2v) is 4.55. The lowest BCUT2D eigenvalue weighted by atomic mass is 10.1. The zero-order valence-electron chi connectivity index (χ0n) is 11.4. The number of carbonyl (C=O) groups excluding carboxylic acids is 1. The van der Waals surface area contributed by atoms with E-state index in [2.05, 4.69) is 0 Å². The third kappa shape index (κ3) is 3.62. The van der Waals surface area contributed by atoms with Gasteiger partial charge in [-0.05, 0) is 43.3 Å². The quantitative estimate of drug-likeness (QED) is 0.781. The van der Waals surface area contributed by atoms with Crippen molar-refractivity contribution in [1.82, 2.24) is 0 Å². The van der Waals surface area contributed by atoms with E-state index in [4.69, 9.17) is 0 Å². The standard InChI is InChI=1S/C16H14F3NO/c1-2-20(13-5-3-4-12(17)9-13)10-16(21)11-6-7-14(18)15(19)8-11/h3-9H,2,10H2,1H3. The number of hydrogen-bond donors (Lipinski definition) is 0. The summed E-state index contributed by atoms with van der Waals surface area (Å²) in [5.41, 5.74) is 0.650. The maximum Gasteiger partial charge on any atom is 0.182 e. The van der Waals surface area contributed by atoms with E-state index in [1.807, 2.05) is 6.92 Å². The Kier molecular flexibility index (Phi) is 4.62. The van der Waals surface area contributed by atoms with Gasteiger partial charge in [0.2, 0.25) is 0 Å². The van der Waals surface area contributed by atoms with E-state index in [9.17, 15) is 18.0 Å². The van der Waals surface area contributed by atoms with Crippen molar-refractivity contribution in [2.45, 2.75) is 6.92 Å². The number of hydrogen-bond acceptors (Lipinski definition) is 2. The first-order chi connectivity index (χ1) is 10.0. The number of likely N-dealkylation sites (N-methyl/N-ethyl adjacent to an activating group) is 1. The van der Waals surface area contributed by atoms with Gasteiger partial charge in [0.15, 0.2) is 17.4 Å². The topological polar surface area (TPSA) is 20.3 Å². The highest BCUT2D eigenvalue weighted by atomic mass is 19.2. The molecule has 2 aromatic carbocycles. The van der Waals surface area contributed by atoms with E-state index in [1.165, 1.54) is 18.2 Å². The third-order valence-corrected chi connectivity index (χ3v) is 3.13. The summed E-state index contributed by atoms with van der Waals surface area (Å²) in [4.78, 5) is 13.8. The van der Waals surface area contributed by atoms with Crippen LogP contribution in [0.15, 0.2) is 42.5 Å². The molecule has 0 bridgehead atoms. The van der Waals surface area contributed by atoms with Crippen LogP contribution in [0.4, 0.5) is 18.9 Å². The Hall–Kier alpha value is -2.30. The fourth-order valence-electron chi connectivity index (χ4n) is 1.99. The van der Waals surface area contributed by atoms with Crippen LogP contribution in [0.25, 0.3) is 0 Å². The van der Waals surface area contributed by atoms with Crippen LogP contribution >= 0.6 is 0 Å². The summed E-state index contributed by atoms with van der Waals surface area (Å²) >= 11 is 0. The minimum Gasteiger partial charge on any atom is -0.364 e. The molecule has 0 atom stereocenters. The first-order valence-electron chi connectivity index (χ1n) is 6.50. The summed E-state index contributed by atoms with van der Waals surface area (Å²) in [6.45, 7) is 2.27. The summed E-state index contributed by atoms with van der Waals surface area (Å²) in [5, 5.41) is 0. The highest BCUT2D eigenvalue weighted by Gasteiger charge is 2.14. The monoisotopic (exact) mass is 293 g/mol. The molecule has 0 spiro atoms. The predicted molar refractivity (Wildman–Crippen MR) is 75.0 cm³/mol. The Morgan fingerprint density at radius 1 is 1.05 bits per heavy atom. The van der Waals surface area contributed by atoms with Crippen molar-refractivity contribution in [2.24, 2.45) is 0 Å². The molecule has 0 saturated carbocycles. The smallest absolute Gasteiger partial charge is 0.182 e. The number of halogens is 3. The Morgan fingerprint density at radius 2 is 1.81 bits per heavy atom. The number of ketones is 1. The van der Waals surface area contributed by atoms with Gasteiger partial charge in [0.1, 0.15) is 5.82 Å². The molecule has 110 valence electrons. The molecule has 0 saturated heterocycles. The molecule has 0 unspecified atom stereocenters. The van der Waals surface area contributed by atoms with E-state index in [0.29, 0.717) is 12.2 Å². The molecule has 5 heteroatoms. The van der Waals surface area contributed by atoms with E-state index in [1.54, 1.807) is 17.0 Å². The molecular weight excluding hydrogens is 279 g/mol. The lowest BCUT2D eigenvalue weighted by molar-refractivity contribution is 0.0998. The second kappa shape index (κ2) is 6.43. The molecule has 0 aliphatic carbocycles. The van der Waals surface area contributed by atoms with Gasteiger partial charge in [-0.25, -0.2) is 13.2 Å². The molecule has 2 aromatic rings. The van der Waals surface area contributed by atoms with E-state index in [-0.39, 0.29) is 17.9 Å². The van der Waals surface area contributed by atoms with Gasteiger partial charge in [0, 0.05) is 17.8 Å². The van der Waals surface area contributed by atoms with Crippen molar-refractivity contribution in [2.75, 3.05) is 18.0 Å². The molecule has 0 radical (unpaired) electrons. The highest BCUT2D eigenvalue weighted by molar-refractivity contribution is 5.99. The van der Waals surface area contributed by atoms with Gasteiger partial charge in [-0.1, -0.05) is 6.07 Å². The molecule has 2 rings (SSSR count). The van der Waals surface area contributed by atoms with Crippen molar-refractivity contribution >= 4 is 11.5 Å². The Labute approximate surface area is 120 Å². The molecular formula is C16H14F3NO. The minimum absolute atomic E-state index is 0.0367. The molecule has 0 amide bonds. The summed E-state index contributed by atoms with van der Waals surface area (Å²) in [6, 6.07) is 8.90. The molecule has 0 aromatic heterocycles. The van der Waals surface area contributed by atoms with Gasteiger partial charge in [-0.3, -0.25) is 4.79 Å². The first kappa shape index (κ1) is 15.1. The van der Waals surface area contributed by atoms with Gasteiger partial charge in [0.05, 0.1) is 6.54 Å². The Bertz CT molecular complexity index is 658. The highest BCUT2D eigenvalue weighted by Crippen LogP contribution is 2.17. The largest absolute Gasteiger partial charge is 0.364 e. The molecule has 0 heterocycles. The molecule has 0 aliphatic heterocycles. The normalized spacial score (nSPS) is 10.5. The average molecular weight is 293 g/mol. The lowest BCUT2D eigenvalue weighted by Crippen LogP contribution is -2.29. The van der Waals surface area contributed by atoms with Gasteiger partial charge < -0.3 is 4.90 Å².